The van der Waals surface area contributed by atoms with Crippen molar-refractivity contribution in [2.24, 2.45) is 0 Å². The first-order valence-electron chi connectivity index (χ1n) is 9.75. The lowest BCUT2D eigenvalue weighted by Gasteiger charge is -2.45. The number of pyridine rings is 1. The van der Waals surface area contributed by atoms with Crippen LogP contribution in [0.4, 0.5) is 11.6 Å². The minimum absolute atomic E-state index is 0.218. The molecule has 1 N–H and O–H groups in total. The molecular formula is C20H28N6O. The minimum atomic E-state index is -0.366. The van der Waals surface area contributed by atoms with Gasteiger partial charge in [-0.3, -0.25) is 4.90 Å². The molecule has 0 amide bonds. The summed E-state index contributed by atoms with van der Waals surface area (Å²) in [6.45, 7) is 9.31. The second kappa shape index (κ2) is 7.78. The number of piperidine rings is 1. The van der Waals surface area contributed by atoms with Gasteiger partial charge in [0.15, 0.2) is 0 Å². The van der Waals surface area contributed by atoms with E-state index in [2.05, 4.69) is 35.7 Å². The average molecular weight is 368 g/mol. The van der Waals surface area contributed by atoms with Crippen LogP contribution in [0, 0.1) is 13.8 Å². The van der Waals surface area contributed by atoms with Gasteiger partial charge in [-0.05, 0) is 32.4 Å². The summed E-state index contributed by atoms with van der Waals surface area (Å²) in [5.41, 5.74) is 1.07. The second-order valence-corrected chi connectivity index (χ2v) is 7.50. The first-order chi connectivity index (χ1) is 13.1. The van der Waals surface area contributed by atoms with Gasteiger partial charge < -0.3 is 14.9 Å². The smallest absolute Gasteiger partial charge is 0.135 e. The molecule has 4 rings (SSSR count). The van der Waals surface area contributed by atoms with E-state index in [9.17, 15) is 5.11 Å². The Kier molecular flexibility index (Phi) is 5.22. The average Bonchev–Trinajstić information content (AvgIpc) is 2.70. The van der Waals surface area contributed by atoms with Gasteiger partial charge in [-0.1, -0.05) is 6.07 Å². The highest BCUT2D eigenvalue weighted by Gasteiger charge is 2.34. The number of aliphatic hydroxyl groups is 1. The topological polar surface area (TPSA) is 68.6 Å². The molecule has 0 radical (unpaired) electrons. The van der Waals surface area contributed by atoms with E-state index in [0.29, 0.717) is 6.54 Å². The van der Waals surface area contributed by atoms with E-state index in [4.69, 9.17) is 0 Å². The fraction of sp³-hybridized carbons (Fsp3) is 0.550. The largest absolute Gasteiger partial charge is 0.390 e. The van der Waals surface area contributed by atoms with E-state index in [-0.39, 0.29) is 12.1 Å². The molecule has 0 saturated carbocycles. The number of hydrogen-bond donors (Lipinski definition) is 1. The summed E-state index contributed by atoms with van der Waals surface area (Å²) in [4.78, 5) is 20.3. The lowest BCUT2D eigenvalue weighted by atomic mass is 9.99. The molecule has 0 aliphatic carbocycles. The van der Waals surface area contributed by atoms with Crippen molar-refractivity contribution in [1.29, 1.82) is 0 Å². The summed E-state index contributed by atoms with van der Waals surface area (Å²) >= 11 is 0. The van der Waals surface area contributed by atoms with Crippen molar-refractivity contribution >= 4 is 11.6 Å². The molecule has 2 fully saturated rings. The third-order valence-electron chi connectivity index (χ3n) is 5.67. The van der Waals surface area contributed by atoms with Crippen molar-refractivity contribution in [1.82, 2.24) is 19.9 Å². The quantitative estimate of drug-likeness (QED) is 0.874. The predicted octanol–water partition coefficient (Wildman–Crippen LogP) is 1.25. The van der Waals surface area contributed by atoms with E-state index in [1.165, 1.54) is 0 Å². The maximum Gasteiger partial charge on any atom is 0.135 e. The summed E-state index contributed by atoms with van der Waals surface area (Å²) in [5.74, 6) is 2.78. The Morgan fingerprint density at radius 2 is 1.81 bits per heavy atom. The van der Waals surface area contributed by atoms with Gasteiger partial charge >= 0.3 is 0 Å². The number of aromatic nitrogens is 3. The maximum absolute atomic E-state index is 10.8. The highest BCUT2D eigenvalue weighted by molar-refractivity contribution is 5.46. The Morgan fingerprint density at radius 1 is 1.00 bits per heavy atom. The van der Waals surface area contributed by atoms with Crippen molar-refractivity contribution in [3.05, 3.63) is 42.0 Å². The van der Waals surface area contributed by atoms with Crippen LogP contribution in [-0.2, 0) is 0 Å². The minimum Gasteiger partial charge on any atom is -0.390 e. The van der Waals surface area contributed by atoms with Gasteiger partial charge in [0.25, 0.3) is 0 Å². The van der Waals surface area contributed by atoms with Crippen LogP contribution in [0.15, 0.2) is 30.6 Å². The molecule has 2 aliphatic rings. The van der Waals surface area contributed by atoms with E-state index in [1.54, 1.807) is 0 Å². The number of β-amino-alcohol motifs (C(OH)–C–C–N with tert-alkyl or cyclic N) is 1. The van der Waals surface area contributed by atoms with Crippen molar-refractivity contribution in [3.8, 4) is 0 Å². The van der Waals surface area contributed by atoms with Crippen molar-refractivity contribution in [2.45, 2.75) is 32.4 Å². The molecule has 4 heterocycles. The van der Waals surface area contributed by atoms with Gasteiger partial charge in [0, 0.05) is 63.3 Å². The normalized spacial score (nSPS) is 24.3. The molecular weight excluding hydrogens is 340 g/mol. The summed E-state index contributed by atoms with van der Waals surface area (Å²) in [6.07, 6.45) is 4.30. The number of piperazine rings is 1. The lowest BCUT2D eigenvalue weighted by molar-refractivity contribution is 0.0336. The highest BCUT2D eigenvalue weighted by atomic mass is 16.3. The Morgan fingerprint density at radius 3 is 2.52 bits per heavy atom. The van der Waals surface area contributed by atoms with Crippen LogP contribution in [-0.4, -0.2) is 76.4 Å². The molecule has 2 aromatic rings. The first kappa shape index (κ1) is 18.1. The zero-order chi connectivity index (χ0) is 18.8. The number of rotatable bonds is 3. The molecule has 0 aromatic carbocycles. The van der Waals surface area contributed by atoms with Crippen LogP contribution in [0.2, 0.25) is 0 Å². The van der Waals surface area contributed by atoms with Gasteiger partial charge in [0.1, 0.15) is 17.5 Å². The van der Waals surface area contributed by atoms with Crippen LogP contribution in [0.25, 0.3) is 0 Å². The molecule has 2 atom stereocenters. The molecule has 2 aliphatic heterocycles. The van der Waals surface area contributed by atoms with Gasteiger partial charge in [-0.2, -0.15) is 0 Å². The molecule has 0 unspecified atom stereocenters. The number of hydrogen-bond acceptors (Lipinski definition) is 7. The van der Waals surface area contributed by atoms with Crippen LogP contribution in [0.1, 0.15) is 17.8 Å². The third-order valence-corrected chi connectivity index (χ3v) is 5.67. The van der Waals surface area contributed by atoms with Crippen molar-refractivity contribution in [3.63, 3.8) is 0 Å². The Bertz CT molecular complexity index is 762. The number of nitrogens with zero attached hydrogens (tertiary/aromatic N) is 6. The summed E-state index contributed by atoms with van der Waals surface area (Å²) < 4.78 is 0. The van der Waals surface area contributed by atoms with E-state index >= 15 is 0 Å². The van der Waals surface area contributed by atoms with Crippen LogP contribution >= 0.6 is 0 Å². The van der Waals surface area contributed by atoms with Gasteiger partial charge in [0.2, 0.25) is 0 Å². The van der Waals surface area contributed by atoms with Gasteiger partial charge in [0.05, 0.1) is 6.10 Å². The molecule has 7 nitrogen and oxygen atoms in total. The standard InChI is InChI=1S/C20H28N6O/c1-15-13-22-16(2)23-20(15)26-8-6-17(18(27)14-26)24-9-11-25(12-10-24)19-5-3-4-7-21-19/h3-5,7,13,17-18,27H,6,8-12,14H2,1-2H3/t17-,18-/m0/s1. The second-order valence-electron chi connectivity index (χ2n) is 7.50. The predicted molar refractivity (Wildman–Crippen MR) is 106 cm³/mol. The third kappa shape index (κ3) is 3.89. The van der Waals surface area contributed by atoms with E-state index < -0.39 is 0 Å². The van der Waals surface area contributed by atoms with E-state index in [0.717, 1.165) is 62.2 Å². The van der Waals surface area contributed by atoms with Crippen molar-refractivity contribution in [2.75, 3.05) is 49.1 Å². The Balaban J connectivity index is 1.36. The number of aryl methyl sites for hydroxylation is 2. The molecule has 7 heteroatoms. The van der Waals surface area contributed by atoms with Gasteiger partial charge in [-0.15, -0.1) is 0 Å². The summed E-state index contributed by atoms with van der Waals surface area (Å²) in [7, 11) is 0. The molecule has 27 heavy (non-hydrogen) atoms. The SMILES string of the molecule is Cc1ncc(C)c(N2CC[C@H](N3CCN(c4ccccn4)CC3)[C@@H](O)C2)n1. The molecule has 2 aromatic heterocycles. The molecule has 0 bridgehead atoms. The first-order valence-corrected chi connectivity index (χ1v) is 9.75. The Hall–Kier alpha value is -2.25. The molecule has 0 spiro atoms. The van der Waals surface area contributed by atoms with Gasteiger partial charge in [-0.25, -0.2) is 15.0 Å². The van der Waals surface area contributed by atoms with Crippen molar-refractivity contribution < 1.29 is 5.11 Å². The lowest BCUT2D eigenvalue weighted by Crippen LogP contribution is -2.59. The monoisotopic (exact) mass is 368 g/mol. The molecule has 2 saturated heterocycles. The number of anilines is 2. The van der Waals surface area contributed by atoms with E-state index in [1.807, 2.05) is 38.4 Å². The van der Waals surface area contributed by atoms with Crippen LogP contribution in [0.5, 0.6) is 0 Å². The maximum atomic E-state index is 10.8. The highest BCUT2D eigenvalue weighted by Crippen LogP contribution is 2.25. The zero-order valence-electron chi connectivity index (χ0n) is 16.1. The van der Waals surface area contributed by atoms with Crippen LogP contribution < -0.4 is 9.80 Å². The fourth-order valence-electron chi connectivity index (χ4n) is 4.20. The Labute approximate surface area is 160 Å². The zero-order valence-corrected chi connectivity index (χ0v) is 16.1. The number of aliphatic hydroxyl groups excluding tert-OH is 1. The molecule has 144 valence electrons. The fourth-order valence-corrected chi connectivity index (χ4v) is 4.20. The summed E-state index contributed by atoms with van der Waals surface area (Å²) in [6, 6.07) is 6.26. The van der Waals surface area contributed by atoms with Crippen LogP contribution in [0.3, 0.4) is 0 Å². The summed E-state index contributed by atoms with van der Waals surface area (Å²) in [5, 5.41) is 10.8.